The van der Waals surface area contributed by atoms with Crippen LogP contribution in [-0.4, -0.2) is 29.4 Å². The maximum absolute atomic E-state index is 11.5. The molecule has 6 heteroatoms. The number of carboxylic acid groups (broad SMARTS) is 1. The molecule has 0 saturated heterocycles. The molecule has 2 amide bonds. The fourth-order valence-corrected chi connectivity index (χ4v) is 1.56. The summed E-state index contributed by atoms with van der Waals surface area (Å²) in [5.74, 6) is -1.29. The molecule has 21 heavy (non-hydrogen) atoms. The molecule has 0 aliphatic heterocycles. The molecule has 0 fully saturated rings. The molecule has 0 atom stereocenters. The van der Waals surface area contributed by atoms with Gasteiger partial charge in [-0.05, 0) is 30.2 Å². The third-order valence-electron chi connectivity index (χ3n) is 2.52. The summed E-state index contributed by atoms with van der Waals surface area (Å²) in [5.41, 5.74) is 1.52. The Bertz CT molecular complexity index is 535. The lowest BCUT2D eigenvalue weighted by Crippen LogP contribution is -2.22. The summed E-state index contributed by atoms with van der Waals surface area (Å²) < 4.78 is 0. The second-order valence-electron chi connectivity index (χ2n) is 4.42. The maximum Gasteiger partial charge on any atom is 0.303 e. The molecule has 0 unspecified atom stereocenters. The zero-order chi connectivity index (χ0) is 15.7. The van der Waals surface area contributed by atoms with Crippen LogP contribution in [0.3, 0.4) is 0 Å². The van der Waals surface area contributed by atoms with Crippen molar-refractivity contribution in [2.45, 2.75) is 19.8 Å². The molecule has 6 nitrogen and oxygen atoms in total. The molecule has 0 bridgehead atoms. The van der Waals surface area contributed by atoms with Crippen molar-refractivity contribution in [3.63, 3.8) is 0 Å². The van der Waals surface area contributed by atoms with Crippen LogP contribution in [-0.2, 0) is 14.4 Å². The van der Waals surface area contributed by atoms with Crippen LogP contribution >= 0.6 is 0 Å². The van der Waals surface area contributed by atoms with Crippen LogP contribution in [0.15, 0.2) is 30.3 Å². The number of benzene rings is 1. The van der Waals surface area contributed by atoms with E-state index in [-0.39, 0.29) is 18.2 Å². The molecular formula is C15H18N2O4. The van der Waals surface area contributed by atoms with Crippen molar-refractivity contribution in [3.05, 3.63) is 35.9 Å². The van der Waals surface area contributed by atoms with Crippen LogP contribution in [0.2, 0.25) is 0 Å². The zero-order valence-electron chi connectivity index (χ0n) is 11.8. The van der Waals surface area contributed by atoms with E-state index in [9.17, 15) is 14.4 Å². The first-order valence-electron chi connectivity index (χ1n) is 6.53. The number of rotatable bonds is 7. The van der Waals surface area contributed by atoms with E-state index in [4.69, 9.17) is 5.11 Å². The average molecular weight is 290 g/mol. The molecule has 0 spiro atoms. The predicted octanol–water partition coefficient (Wildman–Crippen LogP) is 1.64. The Balaban J connectivity index is 2.39. The minimum atomic E-state index is -0.876. The largest absolute Gasteiger partial charge is 0.481 e. The topological polar surface area (TPSA) is 95.5 Å². The first-order chi connectivity index (χ1) is 9.97. The second kappa shape index (κ2) is 8.52. The molecule has 3 N–H and O–H groups in total. The number of carbonyl (C=O) groups is 3. The number of carboxylic acids is 1. The van der Waals surface area contributed by atoms with Gasteiger partial charge in [0.2, 0.25) is 11.8 Å². The highest BCUT2D eigenvalue weighted by atomic mass is 16.4. The lowest BCUT2D eigenvalue weighted by atomic mass is 10.2. The van der Waals surface area contributed by atoms with Crippen molar-refractivity contribution in [2.24, 2.45) is 0 Å². The first kappa shape index (κ1) is 16.4. The minimum absolute atomic E-state index is 0.0363. The quantitative estimate of drug-likeness (QED) is 0.525. The number of aliphatic carboxylic acids is 1. The molecule has 0 heterocycles. The summed E-state index contributed by atoms with van der Waals surface area (Å²) in [7, 11) is 0. The van der Waals surface area contributed by atoms with E-state index >= 15 is 0 Å². The highest BCUT2D eigenvalue weighted by Crippen LogP contribution is 2.10. The smallest absolute Gasteiger partial charge is 0.303 e. The Morgan fingerprint density at radius 3 is 2.43 bits per heavy atom. The summed E-state index contributed by atoms with van der Waals surface area (Å²) >= 11 is 0. The van der Waals surface area contributed by atoms with Gasteiger partial charge < -0.3 is 15.7 Å². The summed E-state index contributed by atoms with van der Waals surface area (Å²) in [6, 6.07) is 7.04. The fourth-order valence-electron chi connectivity index (χ4n) is 1.56. The Morgan fingerprint density at radius 1 is 1.19 bits per heavy atom. The van der Waals surface area contributed by atoms with Gasteiger partial charge in [-0.3, -0.25) is 14.4 Å². The van der Waals surface area contributed by atoms with Crippen molar-refractivity contribution in [3.8, 4) is 0 Å². The molecule has 112 valence electrons. The standard InChI is InChI=1S/C15H18N2O4/c1-11(18)17-13-7-4-12(5-8-13)6-9-14(19)16-10-2-3-15(20)21/h4-9H,2-3,10H2,1H3,(H,16,19)(H,17,18)(H,20,21)/b9-6+. The monoisotopic (exact) mass is 290 g/mol. The van der Waals surface area contributed by atoms with Crippen molar-refractivity contribution in [2.75, 3.05) is 11.9 Å². The van der Waals surface area contributed by atoms with E-state index < -0.39 is 5.97 Å². The number of carbonyl (C=O) groups excluding carboxylic acids is 2. The highest BCUT2D eigenvalue weighted by molar-refractivity contribution is 5.92. The third-order valence-corrected chi connectivity index (χ3v) is 2.52. The number of hydrogen-bond donors (Lipinski definition) is 3. The summed E-state index contributed by atoms with van der Waals surface area (Å²) in [6.07, 6.45) is 3.47. The van der Waals surface area contributed by atoms with Crippen LogP contribution in [0.25, 0.3) is 6.08 Å². The van der Waals surface area contributed by atoms with E-state index in [0.717, 1.165) is 5.56 Å². The van der Waals surface area contributed by atoms with Gasteiger partial charge in [0.15, 0.2) is 0 Å². The lowest BCUT2D eigenvalue weighted by molar-refractivity contribution is -0.137. The van der Waals surface area contributed by atoms with Crippen LogP contribution < -0.4 is 10.6 Å². The van der Waals surface area contributed by atoms with Gasteiger partial charge in [0.05, 0.1) is 0 Å². The van der Waals surface area contributed by atoms with E-state index in [0.29, 0.717) is 18.7 Å². The van der Waals surface area contributed by atoms with E-state index in [1.165, 1.54) is 13.0 Å². The van der Waals surface area contributed by atoms with Gasteiger partial charge >= 0.3 is 5.97 Å². The Labute approximate surface area is 122 Å². The lowest BCUT2D eigenvalue weighted by Gasteiger charge is -2.02. The second-order valence-corrected chi connectivity index (χ2v) is 4.42. The van der Waals surface area contributed by atoms with Crippen LogP contribution in [0.5, 0.6) is 0 Å². The Morgan fingerprint density at radius 2 is 1.86 bits per heavy atom. The number of hydrogen-bond acceptors (Lipinski definition) is 3. The fraction of sp³-hybridized carbons (Fsp3) is 0.267. The number of amides is 2. The van der Waals surface area contributed by atoms with Gasteiger partial charge in [-0.1, -0.05) is 12.1 Å². The molecule has 0 aromatic heterocycles. The number of anilines is 1. The van der Waals surface area contributed by atoms with Crippen molar-refractivity contribution in [1.82, 2.24) is 5.32 Å². The highest BCUT2D eigenvalue weighted by Gasteiger charge is 1.99. The molecule has 0 aliphatic rings. The van der Waals surface area contributed by atoms with Gasteiger partial charge in [0, 0.05) is 31.7 Å². The molecule has 1 aromatic rings. The van der Waals surface area contributed by atoms with Gasteiger partial charge in [-0.15, -0.1) is 0 Å². The van der Waals surface area contributed by atoms with Crippen molar-refractivity contribution >= 4 is 29.5 Å². The average Bonchev–Trinajstić information content (AvgIpc) is 2.42. The zero-order valence-corrected chi connectivity index (χ0v) is 11.8. The van der Waals surface area contributed by atoms with E-state index in [2.05, 4.69) is 10.6 Å². The molecule has 1 rings (SSSR count). The van der Waals surface area contributed by atoms with Crippen molar-refractivity contribution < 1.29 is 19.5 Å². The molecule has 0 radical (unpaired) electrons. The summed E-state index contributed by atoms with van der Waals surface area (Å²) in [4.78, 5) is 32.6. The summed E-state index contributed by atoms with van der Waals surface area (Å²) in [5, 5.41) is 13.7. The van der Waals surface area contributed by atoms with E-state index in [1.54, 1.807) is 30.3 Å². The van der Waals surface area contributed by atoms with Gasteiger partial charge in [0.25, 0.3) is 0 Å². The summed E-state index contributed by atoms with van der Waals surface area (Å²) in [6.45, 7) is 1.76. The van der Waals surface area contributed by atoms with Crippen molar-refractivity contribution in [1.29, 1.82) is 0 Å². The van der Waals surface area contributed by atoms with E-state index in [1.807, 2.05) is 0 Å². The Kier molecular flexibility index (Phi) is 6.67. The van der Waals surface area contributed by atoms with Crippen LogP contribution in [0.1, 0.15) is 25.3 Å². The minimum Gasteiger partial charge on any atom is -0.481 e. The van der Waals surface area contributed by atoms with Gasteiger partial charge in [-0.25, -0.2) is 0 Å². The molecule has 1 aromatic carbocycles. The van der Waals surface area contributed by atoms with Gasteiger partial charge in [-0.2, -0.15) is 0 Å². The SMILES string of the molecule is CC(=O)Nc1ccc(/C=C/C(=O)NCCCC(=O)O)cc1. The van der Waals surface area contributed by atoms with Crippen LogP contribution in [0.4, 0.5) is 5.69 Å². The third kappa shape index (κ3) is 7.51. The predicted molar refractivity (Wildman–Crippen MR) is 79.7 cm³/mol. The van der Waals surface area contributed by atoms with Gasteiger partial charge in [0.1, 0.15) is 0 Å². The molecule has 0 saturated carbocycles. The first-order valence-corrected chi connectivity index (χ1v) is 6.53. The number of nitrogens with one attached hydrogen (secondary N) is 2. The normalized spacial score (nSPS) is 10.3. The molecule has 0 aliphatic carbocycles. The van der Waals surface area contributed by atoms with Crippen LogP contribution in [0, 0.1) is 0 Å². The Hall–Kier alpha value is -2.63. The molecular weight excluding hydrogens is 272 g/mol. The maximum atomic E-state index is 11.5.